The van der Waals surface area contributed by atoms with E-state index >= 15 is 0 Å². The van der Waals surface area contributed by atoms with Crippen LogP contribution in [0.5, 0.6) is 5.75 Å². The van der Waals surface area contributed by atoms with Gasteiger partial charge in [-0.1, -0.05) is 0 Å². The molecule has 5 nitrogen and oxygen atoms in total. The second kappa shape index (κ2) is 5.92. The van der Waals surface area contributed by atoms with Crippen molar-refractivity contribution in [3.05, 3.63) is 53.3 Å². The molecule has 2 rings (SSSR count). The first kappa shape index (κ1) is 14.3. The van der Waals surface area contributed by atoms with E-state index in [9.17, 15) is 9.18 Å². The lowest BCUT2D eigenvalue weighted by Gasteiger charge is -2.10. The van der Waals surface area contributed by atoms with Crippen molar-refractivity contribution in [2.75, 3.05) is 18.2 Å². The molecule has 0 atom stereocenters. The number of nitrogens with one attached hydrogen (secondary N) is 1. The number of nitrogens with two attached hydrogens (primary N) is 1. The molecule has 1 amide bonds. The summed E-state index contributed by atoms with van der Waals surface area (Å²) in [4.78, 5) is 12.1. The Morgan fingerprint density at radius 3 is 2.71 bits per heavy atom. The topological polar surface area (TPSA) is 88.1 Å². The van der Waals surface area contributed by atoms with Gasteiger partial charge in [0.05, 0.1) is 30.0 Å². The molecule has 0 aliphatic carbocycles. The zero-order valence-electron chi connectivity index (χ0n) is 11.2. The number of nitrogen functional groups attached to an aromatic ring is 1. The third kappa shape index (κ3) is 3.09. The highest BCUT2D eigenvalue weighted by molar-refractivity contribution is 6.08. The lowest BCUT2D eigenvalue weighted by Crippen LogP contribution is -2.15. The fraction of sp³-hybridized carbons (Fsp3) is 0.0667. The number of methoxy groups -OCH3 is 1. The van der Waals surface area contributed by atoms with Crippen molar-refractivity contribution < 1.29 is 13.9 Å². The minimum atomic E-state index is -0.691. The first-order chi connectivity index (χ1) is 10.0. The van der Waals surface area contributed by atoms with Crippen LogP contribution in [0.3, 0.4) is 0 Å². The number of anilines is 2. The molecule has 0 heterocycles. The molecular weight excluding hydrogens is 273 g/mol. The Labute approximate surface area is 120 Å². The third-order valence-corrected chi connectivity index (χ3v) is 2.85. The zero-order valence-corrected chi connectivity index (χ0v) is 11.2. The van der Waals surface area contributed by atoms with Gasteiger partial charge in [0, 0.05) is 5.69 Å². The number of benzene rings is 2. The van der Waals surface area contributed by atoms with Gasteiger partial charge < -0.3 is 15.8 Å². The molecule has 0 saturated carbocycles. The van der Waals surface area contributed by atoms with Crippen molar-refractivity contribution >= 4 is 17.3 Å². The van der Waals surface area contributed by atoms with Crippen molar-refractivity contribution in [2.45, 2.75) is 0 Å². The number of ether oxygens (including phenoxy) is 1. The Morgan fingerprint density at radius 1 is 1.33 bits per heavy atom. The zero-order chi connectivity index (χ0) is 15.4. The van der Waals surface area contributed by atoms with Crippen LogP contribution in [0.25, 0.3) is 0 Å². The first-order valence-electron chi connectivity index (χ1n) is 5.99. The van der Waals surface area contributed by atoms with Crippen LogP contribution >= 0.6 is 0 Å². The van der Waals surface area contributed by atoms with E-state index in [0.717, 1.165) is 6.07 Å². The van der Waals surface area contributed by atoms with Crippen molar-refractivity contribution in [1.82, 2.24) is 0 Å². The Bertz CT molecular complexity index is 738. The van der Waals surface area contributed by atoms with E-state index in [0.29, 0.717) is 5.75 Å². The molecule has 0 unspecified atom stereocenters. The Morgan fingerprint density at radius 2 is 2.10 bits per heavy atom. The summed E-state index contributed by atoms with van der Waals surface area (Å²) in [7, 11) is 1.47. The van der Waals surface area contributed by atoms with E-state index in [1.807, 2.05) is 6.07 Å². The van der Waals surface area contributed by atoms with E-state index in [1.165, 1.54) is 31.4 Å². The highest BCUT2D eigenvalue weighted by atomic mass is 19.1. The Kier molecular flexibility index (Phi) is 4.05. The SMILES string of the molecule is COc1ccc(N)c(C(=O)Nc2ccc(C#N)cc2F)c1. The van der Waals surface area contributed by atoms with E-state index in [1.54, 1.807) is 6.07 Å². The van der Waals surface area contributed by atoms with E-state index in [-0.39, 0.29) is 22.5 Å². The monoisotopic (exact) mass is 285 g/mol. The average molecular weight is 285 g/mol. The van der Waals surface area contributed by atoms with Crippen LogP contribution in [-0.2, 0) is 0 Å². The summed E-state index contributed by atoms with van der Waals surface area (Å²) in [6.45, 7) is 0. The summed E-state index contributed by atoms with van der Waals surface area (Å²) in [5.74, 6) is -0.784. The van der Waals surface area contributed by atoms with Crippen LogP contribution in [0, 0.1) is 17.1 Å². The molecule has 0 spiro atoms. The number of nitriles is 1. The number of amides is 1. The summed E-state index contributed by atoms with van der Waals surface area (Å²) >= 11 is 0. The highest BCUT2D eigenvalue weighted by Gasteiger charge is 2.13. The van der Waals surface area contributed by atoms with Gasteiger partial charge in [-0.2, -0.15) is 5.26 Å². The Hall–Kier alpha value is -3.07. The molecule has 0 aromatic heterocycles. The van der Waals surface area contributed by atoms with Crippen molar-refractivity contribution in [1.29, 1.82) is 5.26 Å². The van der Waals surface area contributed by atoms with E-state index in [2.05, 4.69) is 5.32 Å². The van der Waals surface area contributed by atoms with Gasteiger partial charge in [0.15, 0.2) is 0 Å². The molecule has 3 N–H and O–H groups in total. The van der Waals surface area contributed by atoms with Crippen LogP contribution in [0.1, 0.15) is 15.9 Å². The normalized spacial score (nSPS) is 9.76. The summed E-state index contributed by atoms with van der Waals surface area (Å²) in [6, 6.07) is 10.2. The van der Waals surface area contributed by atoms with Crippen molar-refractivity contribution in [2.24, 2.45) is 0 Å². The largest absolute Gasteiger partial charge is 0.497 e. The van der Waals surface area contributed by atoms with Gasteiger partial charge in [-0.15, -0.1) is 0 Å². The minimum absolute atomic E-state index is 0.0266. The number of carbonyl (C=O) groups is 1. The summed E-state index contributed by atoms with van der Waals surface area (Å²) in [6.07, 6.45) is 0. The molecule has 106 valence electrons. The molecule has 0 aliphatic heterocycles. The van der Waals surface area contributed by atoms with Crippen LogP contribution in [0.4, 0.5) is 15.8 Å². The Balaban J connectivity index is 2.28. The molecule has 2 aromatic carbocycles. The van der Waals surface area contributed by atoms with Gasteiger partial charge in [0.1, 0.15) is 11.6 Å². The molecule has 0 fully saturated rings. The number of carbonyl (C=O) groups excluding carboxylic acids is 1. The smallest absolute Gasteiger partial charge is 0.257 e. The highest BCUT2D eigenvalue weighted by Crippen LogP contribution is 2.22. The van der Waals surface area contributed by atoms with Crippen LogP contribution < -0.4 is 15.8 Å². The molecule has 21 heavy (non-hydrogen) atoms. The molecule has 2 aromatic rings. The predicted octanol–water partition coefficient (Wildman–Crippen LogP) is 2.54. The molecular formula is C15H12FN3O2. The maximum Gasteiger partial charge on any atom is 0.257 e. The van der Waals surface area contributed by atoms with Crippen LogP contribution in [-0.4, -0.2) is 13.0 Å². The molecule has 6 heteroatoms. The standard InChI is InChI=1S/C15H12FN3O2/c1-21-10-3-4-13(18)11(7-10)15(20)19-14-5-2-9(8-17)6-12(14)16/h2-7H,18H2,1H3,(H,19,20). The average Bonchev–Trinajstić information content (AvgIpc) is 2.49. The number of hydrogen-bond acceptors (Lipinski definition) is 4. The predicted molar refractivity (Wildman–Crippen MR) is 76.5 cm³/mol. The molecule has 0 radical (unpaired) electrons. The summed E-state index contributed by atoms with van der Waals surface area (Å²) < 4.78 is 18.8. The molecule has 0 bridgehead atoms. The van der Waals surface area contributed by atoms with Gasteiger partial charge >= 0.3 is 0 Å². The van der Waals surface area contributed by atoms with Gasteiger partial charge in [-0.05, 0) is 36.4 Å². The van der Waals surface area contributed by atoms with Gasteiger partial charge in [-0.25, -0.2) is 4.39 Å². The number of nitrogens with zero attached hydrogens (tertiary/aromatic N) is 1. The van der Waals surface area contributed by atoms with Gasteiger partial charge in [0.2, 0.25) is 0 Å². The summed E-state index contributed by atoms with van der Waals surface area (Å²) in [5, 5.41) is 11.1. The maximum atomic E-state index is 13.7. The fourth-order valence-corrected chi connectivity index (χ4v) is 1.73. The molecule has 0 aliphatic rings. The van der Waals surface area contributed by atoms with E-state index in [4.69, 9.17) is 15.7 Å². The van der Waals surface area contributed by atoms with Crippen molar-refractivity contribution in [3.8, 4) is 11.8 Å². The summed E-state index contributed by atoms with van der Waals surface area (Å²) in [5.41, 5.74) is 6.31. The number of halogens is 1. The maximum absolute atomic E-state index is 13.7. The second-order valence-electron chi connectivity index (χ2n) is 4.21. The fourth-order valence-electron chi connectivity index (χ4n) is 1.73. The lowest BCUT2D eigenvalue weighted by atomic mass is 10.1. The third-order valence-electron chi connectivity index (χ3n) is 2.85. The minimum Gasteiger partial charge on any atom is -0.497 e. The number of rotatable bonds is 3. The quantitative estimate of drug-likeness (QED) is 0.848. The first-order valence-corrected chi connectivity index (χ1v) is 5.99. The van der Waals surface area contributed by atoms with E-state index < -0.39 is 11.7 Å². The molecule has 0 saturated heterocycles. The second-order valence-corrected chi connectivity index (χ2v) is 4.21. The van der Waals surface area contributed by atoms with Crippen molar-refractivity contribution in [3.63, 3.8) is 0 Å². The van der Waals surface area contributed by atoms with Crippen LogP contribution in [0.15, 0.2) is 36.4 Å². The number of hydrogen-bond donors (Lipinski definition) is 2. The lowest BCUT2D eigenvalue weighted by molar-refractivity contribution is 0.102. The van der Waals surface area contributed by atoms with Crippen LogP contribution in [0.2, 0.25) is 0 Å². The van der Waals surface area contributed by atoms with Gasteiger partial charge in [0.25, 0.3) is 5.91 Å². The van der Waals surface area contributed by atoms with Gasteiger partial charge in [-0.3, -0.25) is 4.79 Å².